The van der Waals surface area contributed by atoms with Gasteiger partial charge in [-0.15, -0.1) is 0 Å². The molecule has 2 rings (SSSR count). The lowest BCUT2D eigenvalue weighted by molar-refractivity contribution is 0.00209. The van der Waals surface area contributed by atoms with Gasteiger partial charge in [0.2, 0.25) is 0 Å². The quantitative estimate of drug-likeness (QED) is 0.862. The van der Waals surface area contributed by atoms with Crippen LogP contribution in [0.4, 0.5) is 0 Å². The topological polar surface area (TPSA) is 44.7 Å². The first-order valence-electron chi connectivity index (χ1n) is 7.12. The zero-order valence-corrected chi connectivity index (χ0v) is 13.7. The lowest BCUT2D eigenvalue weighted by Crippen LogP contribution is -2.45. The fourth-order valence-corrected chi connectivity index (χ4v) is 3.13. The van der Waals surface area contributed by atoms with Gasteiger partial charge in [-0.05, 0) is 31.7 Å². The molecule has 0 aromatic heterocycles. The molecule has 1 heterocycles. The highest BCUT2D eigenvalue weighted by atomic mass is 79.9. The van der Waals surface area contributed by atoms with Crippen LogP contribution in [0.1, 0.15) is 24.9 Å². The Morgan fingerprint density at radius 3 is 3.00 bits per heavy atom. The van der Waals surface area contributed by atoms with Crippen LogP contribution in [0, 0.1) is 0 Å². The average molecular weight is 343 g/mol. The average Bonchev–Trinajstić information content (AvgIpc) is 2.44. The number of morpholine rings is 1. The Morgan fingerprint density at radius 2 is 2.35 bits per heavy atom. The van der Waals surface area contributed by atoms with Gasteiger partial charge in [0.05, 0.1) is 12.7 Å². The van der Waals surface area contributed by atoms with Crippen LogP contribution in [0.3, 0.4) is 0 Å². The highest BCUT2D eigenvalue weighted by Gasteiger charge is 2.23. The number of halogens is 1. The highest BCUT2D eigenvalue weighted by Crippen LogP contribution is 2.32. The first-order valence-corrected chi connectivity index (χ1v) is 7.92. The first-order chi connectivity index (χ1) is 9.61. The predicted octanol–water partition coefficient (Wildman–Crippen LogP) is 2.53. The monoisotopic (exact) mass is 342 g/mol. The predicted molar refractivity (Wildman–Crippen MR) is 84.1 cm³/mol. The summed E-state index contributed by atoms with van der Waals surface area (Å²) < 4.78 is 6.75. The van der Waals surface area contributed by atoms with E-state index in [2.05, 4.69) is 40.1 Å². The van der Waals surface area contributed by atoms with Gasteiger partial charge in [0.1, 0.15) is 5.75 Å². The van der Waals surface area contributed by atoms with Crippen LogP contribution in [0.2, 0.25) is 0 Å². The van der Waals surface area contributed by atoms with Gasteiger partial charge < -0.3 is 15.2 Å². The van der Waals surface area contributed by atoms with E-state index in [4.69, 9.17) is 4.74 Å². The molecule has 4 nitrogen and oxygen atoms in total. The van der Waals surface area contributed by atoms with Crippen LogP contribution < -0.4 is 5.32 Å². The number of nitrogens with zero attached hydrogens (tertiary/aromatic N) is 1. The number of hydrogen-bond donors (Lipinski definition) is 2. The minimum absolute atomic E-state index is 0.193. The molecule has 20 heavy (non-hydrogen) atoms. The molecule has 1 fully saturated rings. The third kappa shape index (κ3) is 3.95. The normalized spacial score (nSPS) is 21.1. The number of hydrogen-bond acceptors (Lipinski definition) is 4. The minimum Gasteiger partial charge on any atom is -0.508 e. The lowest BCUT2D eigenvalue weighted by atomic mass is 10.0. The SMILES string of the molecule is CCC(c1cc(Br)ccc1O)N(C)CC1CNCCO1. The molecule has 0 bridgehead atoms. The Labute approximate surface area is 129 Å². The molecule has 2 unspecified atom stereocenters. The molecule has 2 atom stereocenters. The van der Waals surface area contributed by atoms with Crippen LogP contribution in [-0.4, -0.2) is 49.4 Å². The van der Waals surface area contributed by atoms with Gasteiger partial charge in [0, 0.05) is 35.7 Å². The van der Waals surface area contributed by atoms with E-state index in [1.807, 2.05) is 12.1 Å². The summed E-state index contributed by atoms with van der Waals surface area (Å²) in [4.78, 5) is 2.26. The number of phenolic OH excluding ortho intramolecular Hbond substituents is 1. The van der Waals surface area contributed by atoms with Crippen LogP contribution >= 0.6 is 15.9 Å². The number of likely N-dealkylation sites (N-methyl/N-ethyl adjacent to an activating group) is 1. The van der Waals surface area contributed by atoms with Gasteiger partial charge in [0.15, 0.2) is 0 Å². The molecule has 112 valence electrons. The molecule has 0 saturated carbocycles. The summed E-state index contributed by atoms with van der Waals surface area (Å²) in [6, 6.07) is 5.80. The van der Waals surface area contributed by atoms with Crippen molar-refractivity contribution in [2.24, 2.45) is 0 Å². The van der Waals surface area contributed by atoms with Crippen molar-refractivity contribution in [3.8, 4) is 5.75 Å². The largest absolute Gasteiger partial charge is 0.508 e. The Bertz CT molecular complexity index is 436. The molecular formula is C15H23BrN2O2. The van der Waals surface area contributed by atoms with E-state index in [-0.39, 0.29) is 12.1 Å². The standard InChI is InChI=1S/C15H23BrN2O2/c1-3-14(13-8-11(16)4-5-15(13)19)18(2)10-12-9-17-6-7-20-12/h4-5,8,12,14,17,19H,3,6-7,9-10H2,1-2H3. The van der Waals surface area contributed by atoms with Crippen LogP contribution in [0.15, 0.2) is 22.7 Å². The molecule has 1 aromatic rings. The van der Waals surface area contributed by atoms with Gasteiger partial charge >= 0.3 is 0 Å². The smallest absolute Gasteiger partial charge is 0.120 e. The Kier molecular flexibility index (Phi) is 5.84. The second kappa shape index (κ2) is 7.41. The van der Waals surface area contributed by atoms with E-state index in [1.54, 1.807) is 6.07 Å². The summed E-state index contributed by atoms with van der Waals surface area (Å²) in [6.45, 7) is 5.60. The Morgan fingerprint density at radius 1 is 1.55 bits per heavy atom. The number of phenols is 1. The van der Waals surface area contributed by atoms with Crippen LogP contribution in [0.5, 0.6) is 5.75 Å². The molecule has 1 aliphatic heterocycles. The van der Waals surface area contributed by atoms with Crippen molar-refractivity contribution in [3.05, 3.63) is 28.2 Å². The number of ether oxygens (including phenoxy) is 1. The van der Waals surface area contributed by atoms with Crippen LogP contribution in [-0.2, 0) is 4.74 Å². The van der Waals surface area contributed by atoms with Crippen LogP contribution in [0.25, 0.3) is 0 Å². The van der Waals surface area contributed by atoms with Gasteiger partial charge in [-0.3, -0.25) is 4.90 Å². The summed E-state index contributed by atoms with van der Waals surface area (Å²) >= 11 is 3.48. The molecule has 5 heteroatoms. The van der Waals surface area contributed by atoms with Crippen molar-refractivity contribution in [2.45, 2.75) is 25.5 Å². The molecule has 0 spiro atoms. The maximum atomic E-state index is 10.1. The maximum Gasteiger partial charge on any atom is 0.120 e. The molecule has 0 amide bonds. The summed E-state index contributed by atoms with van der Waals surface area (Å²) in [5, 5.41) is 13.4. The highest BCUT2D eigenvalue weighted by molar-refractivity contribution is 9.10. The Balaban J connectivity index is 2.07. The number of rotatable bonds is 5. The third-order valence-corrected chi connectivity index (χ3v) is 4.26. The number of aromatic hydroxyl groups is 1. The van der Waals surface area contributed by atoms with Crippen molar-refractivity contribution in [3.63, 3.8) is 0 Å². The van der Waals surface area contributed by atoms with Crippen molar-refractivity contribution in [1.82, 2.24) is 10.2 Å². The summed E-state index contributed by atoms with van der Waals surface area (Å²) in [6.07, 6.45) is 1.16. The fourth-order valence-electron chi connectivity index (χ4n) is 2.75. The fraction of sp³-hybridized carbons (Fsp3) is 0.600. The second-order valence-electron chi connectivity index (χ2n) is 5.26. The van der Waals surface area contributed by atoms with E-state index in [9.17, 15) is 5.11 Å². The molecule has 1 aromatic carbocycles. The van der Waals surface area contributed by atoms with E-state index < -0.39 is 0 Å². The van der Waals surface area contributed by atoms with Gasteiger partial charge in [-0.1, -0.05) is 22.9 Å². The molecule has 1 saturated heterocycles. The molecular weight excluding hydrogens is 320 g/mol. The molecule has 1 aliphatic rings. The maximum absolute atomic E-state index is 10.1. The molecule has 0 radical (unpaired) electrons. The summed E-state index contributed by atoms with van der Waals surface area (Å²) in [5.41, 5.74) is 0.966. The number of benzene rings is 1. The third-order valence-electron chi connectivity index (χ3n) is 3.76. The van der Waals surface area contributed by atoms with Crippen molar-refractivity contribution >= 4 is 15.9 Å². The molecule has 2 N–H and O–H groups in total. The second-order valence-corrected chi connectivity index (χ2v) is 6.18. The van der Waals surface area contributed by atoms with E-state index >= 15 is 0 Å². The zero-order chi connectivity index (χ0) is 14.5. The lowest BCUT2D eigenvalue weighted by Gasteiger charge is -2.33. The first kappa shape index (κ1) is 15.8. The number of nitrogens with one attached hydrogen (secondary N) is 1. The van der Waals surface area contributed by atoms with Gasteiger partial charge in [0.25, 0.3) is 0 Å². The van der Waals surface area contributed by atoms with Crippen molar-refractivity contribution < 1.29 is 9.84 Å². The van der Waals surface area contributed by atoms with Gasteiger partial charge in [-0.2, -0.15) is 0 Å². The van der Waals surface area contributed by atoms with Crippen molar-refractivity contribution in [2.75, 3.05) is 33.3 Å². The van der Waals surface area contributed by atoms with E-state index in [1.165, 1.54) is 0 Å². The van der Waals surface area contributed by atoms with Crippen molar-refractivity contribution in [1.29, 1.82) is 0 Å². The van der Waals surface area contributed by atoms with Gasteiger partial charge in [-0.25, -0.2) is 0 Å². The summed E-state index contributed by atoms with van der Waals surface area (Å²) in [5.74, 6) is 0.356. The van der Waals surface area contributed by atoms with E-state index in [0.717, 1.165) is 42.7 Å². The summed E-state index contributed by atoms with van der Waals surface area (Å²) in [7, 11) is 2.09. The zero-order valence-electron chi connectivity index (χ0n) is 12.1. The van der Waals surface area contributed by atoms with E-state index in [0.29, 0.717) is 5.75 Å². The Hall–Kier alpha value is -0.620. The minimum atomic E-state index is 0.193. The molecule has 0 aliphatic carbocycles.